The Morgan fingerprint density at radius 1 is 1.53 bits per heavy atom. The summed E-state index contributed by atoms with van der Waals surface area (Å²) in [5.41, 5.74) is 0. The van der Waals surface area contributed by atoms with Gasteiger partial charge in [0.05, 0.1) is 0 Å². The molecule has 7 heteroatoms. The Hall–Kier alpha value is -1.21. The summed E-state index contributed by atoms with van der Waals surface area (Å²) in [6.45, 7) is 2.49. The molecule has 0 bridgehead atoms. The number of aliphatic hydroxyl groups excluding tert-OH is 1. The van der Waals surface area contributed by atoms with Gasteiger partial charge < -0.3 is 10.4 Å². The van der Waals surface area contributed by atoms with Crippen LogP contribution in [0.1, 0.15) is 18.4 Å². The highest BCUT2D eigenvalue weighted by atomic mass is 32.1. The third-order valence-corrected chi connectivity index (χ3v) is 2.59. The molecule has 3 N–H and O–H groups in total. The van der Waals surface area contributed by atoms with Gasteiger partial charge in [0.1, 0.15) is 5.01 Å². The first-order valence-electron chi connectivity index (χ1n) is 4.74. The molecule has 0 aliphatic rings. The van der Waals surface area contributed by atoms with Crippen LogP contribution in [0.3, 0.4) is 0 Å². The summed E-state index contributed by atoms with van der Waals surface area (Å²) in [5, 5.41) is 22.7. The molecule has 0 saturated carbocycles. The number of carbonyl (C=O) groups excluding carboxylic acids is 1. The zero-order chi connectivity index (χ0) is 11.1. The number of hydrogen-bond donors (Lipinski definition) is 3. The van der Waals surface area contributed by atoms with Crippen LogP contribution in [-0.4, -0.2) is 34.5 Å². The van der Waals surface area contributed by atoms with Crippen molar-refractivity contribution in [1.29, 1.82) is 0 Å². The van der Waals surface area contributed by atoms with Crippen LogP contribution in [0.4, 0.5) is 9.93 Å². The Balaban J connectivity index is 2.31. The summed E-state index contributed by atoms with van der Waals surface area (Å²) >= 11 is 1.36. The lowest BCUT2D eigenvalue weighted by molar-refractivity contribution is 0.249. The average Bonchev–Trinajstić information content (AvgIpc) is 2.66. The molecule has 0 radical (unpaired) electrons. The van der Waals surface area contributed by atoms with Crippen LogP contribution >= 0.6 is 11.3 Å². The molecular weight excluding hydrogens is 216 g/mol. The van der Waals surface area contributed by atoms with Crippen LogP contribution in [-0.2, 0) is 6.42 Å². The number of nitrogens with zero attached hydrogens (tertiary/aromatic N) is 2. The predicted octanol–water partition coefficient (Wildman–Crippen LogP) is 0.604. The summed E-state index contributed by atoms with van der Waals surface area (Å²) < 4.78 is 0. The lowest BCUT2D eigenvalue weighted by Crippen LogP contribution is -2.29. The van der Waals surface area contributed by atoms with E-state index in [1.165, 1.54) is 11.3 Å². The van der Waals surface area contributed by atoms with Crippen molar-refractivity contribution >= 4 is 22.5 Å². The van der Waals surface area contributed by atoms with Gasteiger partial charge in [-0.3, -0.25) is 5.32 Å². The average molecular weight is 230 g/mol. The number of anilines is 1. The molecule has 1 rings (SSSR count). The largest absolute Gasteiger partial charge is 0.396 e. The molecule has 0 spiro atoms. The maximum atomic E-state index is 11.2. The molecular formula is C8H14N4O2S. The predicted molar refractivity (Wildman–Crippen MR) is 58.0 cm³/mol. The summed E-state index contributed by atoms with van der Waals surface area (Å²) in [7, 11) is 0. The van der Waals surface area contributed by atoms with Crippen molar-refractivity contribution < 1.29 is 9.90 Å². The Bertz CT molecular complexity index is 315. The van der Waals surface area contributed by atoms with Crippen molar-refractivity contribution in [2.45, 2.75) is 19.8 Å². The molecule has 1 heterocycles. The van der Waals surface area contributed by atoms with E-state index in [0.717, 1.165) is 11.4 Å². The van der Waals surface area contributed by atoms with E-state index in [-0.39, 0.29) is 12.6 Å². The number of amides is 2. The smallest absolute Gasteiger partial charge is 0.321 e. The second-order valence-electron chi connectivity index (χ2n) is 2.81. The van der Waals surface area contributed by atoms with Crippen molar-refractivity contribution in [3.05, 3.63) is 5.01 Å². The highest BCUT2D eigenvalue weighted by Gasteiger charge is 2.05. The van der Waals surface area contributed by atoms with Crippen molar-refractivity contribution in [3.8, 4) is 0 Å². The van der Waals surface area contributed by atoms with E-state index >= 15 is 0 Å². The number of aryl methyl sites for hydroxylation is 1. The van der Waals surface area contributed by atoms with E-state index in [2.05, 4.69) is 20.8 Å². The van der Waals surface area contributed by atoms with Crippen molar-refractivity contribution in [2.75, 3.05) is 18.5 Å². The number of aromatic nitrogens is 2. The second kappa shape index (κ2) is 6.31. The molecule has 0 aromatic carbocycles. The fourth-order valence-electron chi connectivity index (χ4n) is 0.869. The molecule has 0 fully saturated rings. The Morgan fingerprint density at radius 2 is 2.33 bits per heavy atom. The van der Waals surface area contributed by atoms with Gasteiger partial charge in [-0.15, -0.1) is 10.2 Å². The molecule has 1 aromatic heterocycles. The molecule has 1 aromatic rings. The zero-order valence-electron chi connectivity index (χ0n) is 8.49. The normalized spacial score (nSPS) is 10.0. The Kier molecular flexibility index (Phi) is 4.99. The Morgan fingerprint density at radius 3 is 2.93 bits per heavy atom. The number of rotatable bonds is 5. The van der Waals surface area contributed by atoms with Crippen LogP contribution in [0, 0.1) is 0 Å². The van der Waals surface area contributed by atoms with Crippen molar-refractivity contribution in [3.63, 3.8) is 0 Å². The maximum absolute atomic E-state index is 11.2. The van der Waals surface area contributed by atoms with Crippen molar-refractivity contribution in [2.24, 2.45) is 0 Å². The monoisotopic (exact) mass is 230 g/mol. The third kappa shape index (κ3) is 4.22. The molecule has 15 heavy (non-hydrogen) atoms. The van der Waals surface area contributed by atoms with Gasteiger partial charge in [0, 0.05) is 13.2 Å². The van der Waals surface area contributed by atoms with Gasteiger partial charge >= 0.3 is 6.03 Å². The molecule has 2 amide bonds. The van der Waals surface area contributed by atoms with Crippen LogP contribution in [0.5, 0.6) is 0 Å². The molecule has 0 saturated heterocycles. The molecule has 0 aliphatic carbocycles. The third-order valence-electron chi connectivity index (χ3n) is 1.61. The first kappa shape index (κ1) is 11.9. The summed E-state index contributed by atoms with van der Waals surface area (Å²) in [4.78, 5) is 11.2. The van der Waals surface area contributed by atoms with Gasteiger partial charge in [-0.25, -0.2) is 4.79 Å². The topological polar surface area (TPSA) is 87.1 Å². The number of hydrogen-bond acceptors (Lipinski definition) is 5. The zero-order valence-corrected chi connectivity index (χ0v) is 9.30. The molecule has 0 aliphatic heterocycles. The second-order valence-corrected chi connectivity index (χ2v) is 3.87. The number of carbonyl (C=O) groups is 1. The maximum Gasteiger partial charge on any atom is 0.321 e. The fourth-order valence-corrected chi connectivity index (χ4v) is 1.54. The van der Waals surface area contributed by atoms with Gasteiger partial charge in [0.15, 0.2) is 0 Å². The highest BCUT2D eigenvalue weighted by Crippen LogP contribution is 2.14. The molecule has 84 valence electrons. The number of nitrogens with one attached hydrogen (secondary N) is 2. The van der Waals surface area contributed by atoms with Crippen LogP contribution in [0.2, 0.25) is 0 Å². The van der Waals surface area contributed by atoms with Crippen LogP contribution < -0.4 is 10.6 Å². The van der Waals surface area contributed by atoms with E-state index in [4.69, 9.17) is 5.11 Å². The Labute approximate surface area is 91.7 Å². The van der Waals surface area contributed by atoms with Gasteiger partial charge in [-0.2, -0.15) is 0 Å². The van der Waals surface area contributed by atoms with E-state index in [0.29, 0.717) is 18.1 Å². The van der Waals surface area contributed by atoms with Gasteiger partial charge in [-0.1, -0.05) is 18.3 Å². The highest BCUT2D eigenvalue weighted by molar-refractivity contribution is 7.15. The van der Waals surface area contributed by atoms with E-state index in [1.807, 2.05) is 6.92 Å². The van der Waals surface area contributed by atoms with Gasteiger partial charge in [0.25, 0.3) is 0 Å². The number of aliphatic hydroxyl groups is 1. The number of urea groups is 1. The van der Waals surface area contributed by atoms with Crippen molar-refractivity contribution in [1.82, 2.24) is 15.5 Å². The molecule has 0 atom stereocenters. The van der Waals surface area contributed by atoms with Gasteiger partial charge in [-0.05, 0) is 12.8 Å². The van der Waals surface area contributed by atoms with Crippen LogP contribution in [0.15, 0.2) is 0 Å². The minimum Gasteiger partial charge on any atom is -0.396 e. The van der Waals surface area contributed by atoms with Crippen LogP contribution in [0.25, 0.3) is 0 Å². The first-order chi connectivity index (χ1) is 7.26. The minimum absolute atomic E-state index is 0.0685. The summed E-state index contributed by atoms with van der Waals surface area (Å²) in [5.74, 6) is 0. The summed E-state index contributed by atoms with van der Waals surface area (Å²) in [6, 6.07) is -0.317. The molecule has 6 nitrogen and oxygen atoms in total. The SMILES string of the molecule is CCc1nnc(NC(=O)NCCCO)s1. The standard InChI is InChI=1S/C8H14N4O2S/c1-2-6-11-12-8(15-6)10-7(14)9-4-3-5-13/h13H,2-5H2,1H3,(H2,9,10,12,14). The fraction of sp³-hybridized carbons (Fsp3) is 0.625. The lowest BCUT2D eigenvalue weighted by Gasteiger charge is -2.02. The van der Waals surface area contributed by atoms with E-state index in [1.54, 1.807) is 0 Å². The molecule has 0 unspecified atom stereocenters. The quantitative estimate of drug-likeness (QED) is 0.647. The van der Waals surface area contributed by atoms with E-state index in [9.17, 15) is 4.79 Å². The summed E-state index contributed by atoms with van der Waals surface area (Å²) in [6.07, 6.45) is 1.36. The van der Waals surface area contributed by atoms with E-state index < -0.39 is 0 Å². The lowest BCUT2D eigenvalue weighted by atomic mass is 10.4. The first-order valence-corrected chi connectivity index (χ1v) is 5.56. The minimum atomic E-state index is -0.317. The van der Waals surface area contributed by atoms with Gasteiger partial charge in [0.2, 0.25) is 5.13 Å².